The number of hydrogen-bond donors (Lipinski definition) is 2. The molecule has 0 aliphatic carbocycles. The van der Waals surface area contributed by atoms with Crippen LogP contribution in [0.3, 0.4) is 0 Å². The Morgan fingerprint density at radius 2 is 1.73 bits per heavy atom. The molecular formula is C21H26FN3O4S. The summed E-state index contributed by atoms with van der Waals surface area (Å²) in [5.74, 6) is -0.912. The molecule has 1 saturated heterocycles. The van der Waals surface area contributed by atoms with E-state index >= 15 is 0 Å². The Morgan fingerprint density at radius 3 is 2.40 bits per heavy atom. The zero-order valence-electron chi connectivity index (χ0n) is 17.0. The minimum Gasteiger partial charge on any atom is -0.379 e. The topological polar surface area (TPSA) is 87.7 Å². The van der Waals surface area contributed by atoms with Crippen LogP contribution in [0.1, 0.15) is 24.2 Å². The van der Waals surface area contributed by atoms with Crippen LogP contribution in [0.15, 0.2) is 53.4 Å². The van der Waals surface area contributed by atoms with Crippen molar-refractivity contribution in [3.05, 3.63) is 59.9 Å². The van der Waals surface area contributed by atoms with Gasteiger partial charge in [0.15, 0.2) is 0 Å². The van der Waals surface area contributed by atoms with E-state index < -0.39 is 15.8 Å². The van der Waals surface area contributed by atoms with Gasteiger partial charge in [0.05, 0.1) is 29.4 Å². The first-order chi connectivity index (χ1) is 14.2. The third-order valence-electron chi connectivity index (χ3n) is 5.09. The van der Waals surface area contributed by atoms with Crippen LogP contribution in [-0.2, 0) is 14.8 Å². The second-order valence-electron chi connectivity index (χ2n) is 7.70. The lowest BCUT2D eigenvalue weighted by atomic mass is 10.0. The zero-order chi connectivity index (χ0) is 21.8. The molecule has 3 rings (SSSR count). The number of nitrogens with one attached hydrogen (secondary N) is 2. The average molecular weight is 436 g/mol. The first-order valence-corrected chi connectivity index (χ1v) is 11.2. The Morgan fingerprint density at radius 1 is 1.10 bits per heavy atom. The minimum atomic E-state index is -3.97. The number of halogens is 1. The van der Waals surface area contributed by atoms with Crippen LogP contribution in [0.25, 0.3) is 0 Å². The molecule has 30 heavy (non-hydrogen) atoms. The minimum absolute atomic E-state index is 0.0902. The Hall–Kier alpha value is -2.49. The van der Waals surface area contributed by atoms with Crippen molar-refractivity contribution >= 4 is 21.6 Å². The summed E-state index contributed by atoms with van der Waals surface area (Å²) in [7, 11) is -3.97. The molecule has 1 aliphatic rings. The van der Waals surface area contributed by atoms with Crippen LogP contribution in [0.5, 0.6) is 0 Å². The normalized spacial score (nSPS) is 15.6. The third-order valence-corrected chi connectivity index (χ3v) is 6.47. The number of para-hydroxylation sites is 1. The number of ether oxygens (including phenoxy) is 1. The summed E-state index contributed by atoms with van der Waals surface area (Å²) in [6.45, 7) is 7.37. The van der Waals surface area contributed by atoms with Gasteiger partial charge < -0.3 is 10.1 Å². The fourth-order valence-corrected chi connectivity index (χ4v) is 4.34. The summed E-state index contributed by atoms with van der Waals surface area (Å²) >= 11 is 0. The summed E-state index contributed by atoms with van der Waals surface area (Å²) in [6.07, 6.45) is 0. The lowest BCUT2D eigenvalue weighted by Crippen LogP contribution is -2.55. The van der Waals surface area contributed by atoms with Gasteiger partial charge in [-0.1, -0.05) is 12.1 Å². The predicted molar refractivity (Wildman–Crippen MR) is 112 cm³/mol. The lowest BCUT2D eigenvalue weighted by molar-refractivity contribution is -0.00923. The van der Waals surface area contributed by atoms with Crippen molar-refractivity contribution in [3.8, 4) is 0 Å². The number of rotatable bonds is 7. The lowest BCUT2D eigenvalue weighted by Gasteiger charge is -2.40. The number of hydrogen-bond acceptors (Lipinski definition) is 5. The van der Waals surface area contributed by atoms with Crippen LogP contribution in [0.4, 0.5) is 10.1 Å². The molecule has 0 aromatic heterocycles. The van der Waals surface area contributed by atoms with Gasteiger partial charge in [0.1, 0.15) is 5.82 Å². The van der Waals surface area contributed by atoms with Crippen molar-refractivity contribution in [2.75, 3.05) is 37.6 Å². The molecule has 1 amide bonds. The average Bonchev–Trinajstić information content (AvgIpc) is 2.73. The highest BCUT2D eigenvalue weighted by molar-refractivity contribution is 7.92. The van der Waals surface area contributed by atoms with Gasteiger partial charge in [0.25, 0.3) is 15.9 Å². The number of benzene rings is 2. The quantitative estimate of drug-likeness (QED) is 0.698. The van der Waals surface area contributed by atoms with E-state index in [1.165, 1.54) is 18.2 Å². The number of amides is 1. The Labute approximate surface area is 176 Å². The van der Waals surface area contributed by atoms with Crippen LogP contribution < -0.4 is 10.0 Å². The van der Waals surface area contributed by atoms with Crippen LogP contribution in [0.2, 0.25) is 0 Å². The molecular weight excluding hydrogens is 409 g/mol. The first-order valence-electron chi connectivity index (χ1n) is 9.67. The molecule has 1 heterocycles. The molecule has 1 aliphatic heterocycles. The SMILES string of the molecule is CC(C)(CNC(=O)c1ccccc1NS(=O)(=O)c1ccc(F)cc1)N1CCOCC1. The van der Waals surface area contributed by atoms with E-state index in [2.05, 4.69) is 14.9 Å². The standard InChI is InChI=1S/C21H26FN3O4S/c1-21(2,25-11-13-29-14-12-25)15-23-20(26)18-5-3-4-6-19(18)24-30(27,28)17-9-7-16(22)8-10-17/h3-10,24H,11-15H2,1-2H3,(H,23,26). The molecule has 7 nitrogen and oxygen atoms in total. The highest BCUT2D eigenvalue weighted by Gasteiger charge is 2.29. The number of carbonyl (C=O) groups is 1. The molecule has 2 aromatic carbocycles. The molecule has 1 fully saturated rings. The van der Waals surface area contributed by atoms with Crippen LogP contribution in [-0.4, -0.2) is 57.6 Å². The van der Waals surface area contributed by atoms with Crippen LogP contribution >= 0.6 is 0 Å². The molecule has 0 saturated carbocycles. The number of carbonyl (C=O) groups excluding carboxylic acids is 1. The molecule has 0 bridgehead atoms. The molecule has 0 atom stereocenters. The Kier molecular flexibility index (Phi) is 6.74. The van der Waals surface area contributed by atoms with Gasteiger partial charge in [-0.25, -0.2) is 12.8 Å². The van der Waals surface area contributed by atoms with Crippen molar-refractivity contribution in [3.63, 3.8) is 0 Å². The van der Waals surface area contributed by atoms with Crippen molar-refractivity contribution in [2.24, 2.45) is 0 Å². The van der Waals surface area contributed by atoms with E-state index in [0.717, 1.165) is 25.2 Å². The molecule has 0 spiro atoms. The summed E-state index contributed by atoms with van der Waals surface area (Å²) < 4.78 is 46.2. The van der Waals surface area contributed by atoms with E-state index in [0.29, 0.717) is 19.8 Å². The maximum Gasteiger partial charge on any atom is 0.261 e. The van der Waals surface area contributed by atoms with Gasteiger partial charge in [0, 0.05) is 25.2 Å². The van der Waals surface area contributed by atoms with E-state index in [-0.39, 0.29) is 27.6 Å². The van der Waals surface area contributed by atoms with E-state index in [9.17, 15) is 17.6 Å². The largest absolute Gasteiger partial charge is 0.379 e. The summed E-state index contributed by atoms with van der Waals surface area (Å²) in [5.41, 5.74) is 0.0895. The second kappa shape index (κ2) is 9.11. The Balaban J connectivity index is 1.72. The van der Waals surface area contributed by atoms with E-state index in [1.54, 1.807) is 18.2 Å². The van der Waals surface area contributed by atoms with Crippen molar-refractivity contribution < 1.29 is 22.3 Å². The molecule has 162 valence electrons. The number of morpholine rings is 1. The molecule has 0 radical (unpaired) electrons. The summed E-state index contributed by atoms with van der Waals surface area (Å²) in [6, 6.07) is 10.9. The maximum atomic E-state index is 13.1. The number of anilines is 1. The van der Waals surface area contributed by atoms with E-state index in [1.807, 2.05) is 13.8 Å². The maximum absolute atomic E-state index is 13.1. The zero-order valence-corrected chi connectivity index (χ0v) is 17.8. The second-order valence-corrected chi connectivity index (χ2v) is 9.38. The first kappa shape index (κ1) is 22.2. The fourth-order valence-electron chi connectivity index (χ4n) is 3.26. The van der Waals surface area contributed by atoms with Gasteiger partial charge in [-0.3, -0.25) is 14.4 Å². The van der Waals surface area contributed by atoms with Gasteiger partial charge in [-0.2, -0.15) is 0 Å². The Bertz CT molecular complexity index is 988. The summed E-state index contributed by atoms with van der Waals surface area (Å²) in [4.78, 5) is 15.0. The third kappa shape index (κ3) is 5.35. The summed E-state index contributed by atoms with van der Waals surface area (Å²) in [5, 5.41) is 2.90. The number of sulfonamides is 1. The van der Waals surface area contributed by atoms with Crippen LogP contribution in [0, 0.1) is 5.82 Å². The van der Waals surface area contributed by atoms with Gasteiger partial charge in [-0.15, -0.1) is 0 Å². The van der Waals surface area contributed by atoms with Crippen molar-refractivity contribution in [1.29, 1.82) is 0 Å². The van der Waals surface area contributed by atoms with Crippen molar-refractivity contribution in [1.82, 2.24) is 10.2 Å². The predicted octanol–water partition coefficient (Wildman–Crippen LogP) is 2.47. The smallest absolute Gasteiger partial charge is 0.261 e. The monoisotopic (exact) mass is 435 g/mol. The fraction of sp³-hybridized carbons (Fsp3) is 0.381. The van der Waals surface area contributed by atoms with Gasteiger partial charge in [-0.05, 0) is 50.2 Å². The van der Waals surface area contributed by atoms with Crippen molar-refractivity contribution in [2.45, 2.75) is 24.3 Å². The number of nitrogens with zero attached hydrogens (tertiary/aromatic N) is 1. The van der Waals surface area contributed by atoms with Gasteiger partial charge >= 0.3 is 0 Å². The molecule has 9 heteroatoms. The highest BCUT2D eigenvalue weighted by atomic mass is 32.2. The van der Waals surface area contributed by atoms with E-state index in [4.69, 9.17) is 4.74 Å². The molecule has 2 N–H and O–H groups in total. The highest BCUT2D eigenvalue weighted by Crippen LogP contribution is 2.21. The molecule has 0 unspecified atom stereocenters. The van der Waals surface area contributed by atoms with Gasteiger partial charge in [0.2, 0.25) is 0 Å². The molecule has 2 aromatic rings.